The summed E-state index contributed by atoms with van der Waals surface area (Å²) in [6, 6.07) is 8.53. The first-order chi connectivity index (χ1) is 11.7. The number of benzene rings is 1. The molecular weight excluding hydrogens is 312 g/mol. The minimum atomic E-state index is -0.0288. The van der Waals surface area contributed by atoms with Crippen LogP contribution in [-0.4, -0.2) is 26.0 Å². The van der Waals surface area contributed by atoms with E-state index in [2.05, 4.69) is 67.0 Å². The Kier molecular flexibility index (Phi) is 4.19. The molecule has 1 aromatic carbocycles. The second-order valence-electron chi connectivity index (χ2n) is 7.55. The summed E-state index contributed by atoms with van der Waals surface area (Å²) in [5.41, 5.74) is 4.42. The molecule has 0 saturated heterocycles. The van der Waals surface area contributed by atoms with Crippen LogP contribution in [0.4, 0.5) is 0 Å². The van der Waals surface area contributed by atoms with E-state index in [1.54, 1.807) is 0 Å². The van der Waals surface area contributed by atoms with Gasteiger partial charge >= 0.3 is 0 Å². The maximum absolute atomic E-state index is 11.5. The lowest BCUT2D eigenvalue weighted by molar-refractivity contribution is 0.111. The molecule has 0 bridgehead atoms. The Hall–Kier alpha value is -2.56. The molecule has 1 atom stereocenters. The molecule has 0 N–H and O–H groups in total. The molecule has 0 spiro atoms. The van der Waals surface area contributed by atoms with Crippen molar-refractivity contribution in [3.05, 3.63) is 52.6 Å². The van der Waals surface area contributed by atoms with Crippen molar-refractivity contribution in [2.75, 3.05) is 0 Å². The van der Waals surface area contributed by atoms with Gasteiger partial charge in [-0.05, 0) is 37.3 Å². The molecule has 2 heterocycles. The Labute approximate surface area is 148 Å². The Bertz CT molecular complexity index is 933. The van der Waals surface area contributed by atoms with Crippen LogP contribution < -0.4 is 0 Å². The summed E-state index contributed by atoms with van der Waals surface area (Å²) >= 11 is 0. The topological polar surface area (TPSA) is 60.7 Å². The van der Waals surface area contributed by atoms with Crippen LogP contribution in [0.3, 0.4) is 0 Å². The summed E-state index contributed by atoms with van der Waals surface area (Å²) in [5, 5.41) is 5.24. The Morgan fingerprint density at radius 1 is 1.08 bits per heavy atom. The van der Waals surface area contributed by atoms with Gasteiger partial charge in [0.25, 0.3) is 0 Å². The predicted octanol–water partition coefficient (Wildman–Crippen LogP) is 4.16. The number of aromatic nitrogens is 4. The second-order valence-corrected chi connectivity index (χ2v) is 7.55. The standard InChI is InChI=1S/C20H24N4O/c1-12-18-17(11-25)23-24(19(18)22-14(3)21-12)13(2)15-7-9-16(10-8-15)20(4,5)6/h7-11,13H,1-6H3. The quantitative estimate of drug-likeness (QED) is 0.674. The minimum absolute atomic E-state index is 0.0288. The fourth-order valence-electron chi connectivity index (χ4n) is 3.13. The number of aldehydes is 1. The summed E-state index contributed by atoms with van der Waals surface area (Å²) in [6.07, 6.45) is 0.778. The van der Waals surface area contributed by atoms with Gasteiger partial charge in [-0.1, -0.05) is 45.0 Å². The number of aryl methyl sites for hydroxylation is 2. The number of fused-ring (bicyclic) bond motifs is 1. The molecule has 0 aliphatic rings. The first-order valence-electron chi connectivity index (χ1n) is 8.51. The Balaban J connectivity index is 2.11. The van der Waals surface area contributed by atoms with Crippen LogP contribution in [0.1, 0.15) is 66.9 Å². The zero-order valence-electron chi connectivity index (χ0n) is 15.7. The molecule has 130 valence electrons. The van der Waals surface area contributed by atoms with Crippen molar-refractivity contribution in [3.63, 3.8) is 0 Å². The fraction of sp³-hybridized carbons (Fsp3) is 0.400. The largest absolute Gasteiger partial charge is 0.296 e. The van der Waals surface area contributed by atoms with Crippen LogP contribution >= 0.6 is 0 Å². The summed E-state index contributed by atoms with van der Waals surface area (Å²) < 4.78 is 1.83. The molecule has 3 aromatic rings. The molecule has 1 unspecified atom stereocenters. The Morgan fingerprint density at radius 2 is 1.72 bits per heavy atom. The second kappa shape index (κ2) is 6.06. The van der Waals surface area contributed by atoms with E-state index in [1.165, 1.54) is 5.56 Å². The van der Waals surface area contributed by atoms with Gasteiger partial charge in [-0.2, -0.15) is 5.10 Å². The first kappa shape index (κ1) is 17.3. The van der Waals surface area contributed by atoms with Crippen molar-refractivity contribution in [1.82, 2.24) is 19.7 Å². The number of hydrogen-bond donors (Lipinski definition) is 0. The van der Waals surface area contributed by atoms with E-state index >= 15 is 0 Å². The monoisotopic (exact) mass is 336 g/mol. The molecule has 0 amide bonds. The molecule has 2 aromatic heterocycles. The third kappa shape index (κ3) is 3.06. The van der Waals surface area contributed by atoms with Crippen molar-refractivity contribution >= 4 is 17.3 Å². The van der Waals surface area contributed by atoms with Gasteiger partial charge in [-0.3, -0.25) is 4.79 Å². The van der Waals surface area contributed by atoms with Crippen molar-refractivity contribution < 1.29 is 4.79 Å². The molecule has 0 fully saturated rings. The molecule has 0 radical (unpaired) electrons. The molecule has 25 heavy (non-hydrogen) atoms. The van der Waals surface area contributed by atoms with E-state index in [0.29, 0.717) is 17.2 Å². The predicted molar refractivity (Wildman–Crippen MR) is 99.1 cm³/mol. The molecular formula is C20H24N4O. The van der Waals surface area contributed by atoms with E-state index < -0.39 is 0 Å². The summed E-state index contributed by atoms with van der Waals surface area (Å²) in [4.78, 5) is 20.4. The summed E-state index contributed by atoms with van der Waals surface area (Å²) in [6.45, 7) is 12.4. The molecule has 3 rings (SSSR count). The highest BCUT2D eigenvalue weighted by Gasteiger charge is 2.20. The van der Waals surface area contributed by atoms with E-state index in [-0.39, 0.29) is 11.5 Å². The van der Waals surface area contributed by atoms with Gasteiger partial charge in [0.1, 0.15) is 11.5 Å². The lowest BCUT2D eigenvalue weighted by Gasteiger charge is -2.20. The van der Waals surface area contributed by atoms with E-state index in [4.69, 9.17) is 0 Å². The maximum Gasteiger partial charge on any atom is 0.171 e. The van der Waals surface area contributed by atoms with Crippen molar-refractivity contribution in [2.45, 2.75) is 53.0 Å². The zero-order valence-corrected chi connectivity index (χ0v) is 15.7. The average Bonchev–Trinajstić information content (AvgIpc) is 2.92. The van der Waals surface area contributed by atoms with Crippen LogP contribution in [0.25, 0.3) is 11.0 Å². The van der Waals surface area contributed by atoms with Crippen LogP contribution in [0.15, 0.2) is 24.3 Å². The summed E-state index contributed by atoms with van der Waals surface area (Å²) in [7, 11) is 0. The van der Waals surface area contributed by atoms with Crippen molar-refractivity contribution in [2.24, 2.45) is 0 Å². The first-order valence-corrected chi connectivity index (χ1v) is 8.51. The SMILES string of the molecule is Cc1nc(C)c2c(C=O)nn(C(C)c3ccc(C(C)(C)C)cc3)c2n1. The molecule has 0 saturated carbocycles. The van der Waals surface area contributed by atoms with E-state index in [9.17, 15) is 4.79 Å². The number of hydrogen-bond acceptors (Lipinski definition) is 4. The van der Waals surface area contributed by atoms with Crippen LogP contribution in [-0.2, 0) is 5.41 Å². The summed E-state index contributed by atoms with van der Waals surface area (Å²) in [5.74, 6) is 0.680. The smallest absolute Gasteiger partial charge is 0.171 e. The van der Waals surface area contributed by atoms with E-state index in [1.807, 2.05) is 18.5 Å². The normalized spacial score (nSPS) is 13.2. The van der Waals surface area contributed by atoms with Gasteiger partial charge in [0.15, 0.2) is 11.9 Å². The fourth-order valence-corrected chi connectivity index (χ4v) is 3.13. The Morgan fingerprint density at radius 3 is 2.28 bits per heavy atom. The lowest BCUT2D eigenvalue weighted by Crippen LogP contribution is -2.13. The minimum Gasteiger partial charge on any atom is -0.296 e. The van der Waals surface area contributed by atoms with Crippen molar-refractivity contribution in [1.29, 1.82) is 0 Å². The van der Waals surface area contributed by atoms with Gasteiger partial charge in [0.05, 0.1) is 17.1 Å². The van der Waals surface area contributed by atoms with Crippen LogP contribution in [0.2, 0.25) is 0 Å². The molecule has 0 aliphatic carbocycles. The van der Waals surface area contributed by atoms with Gasteiger partial charge in [0, 0.05) is 0 Å². The number of nitrogens with zero attached hydrogens (tertiary/aromatic N) is 4. The van der Waals surface area contributed by atoms with E-state index in [0.717, 1.165) is 22.9 Å². The lowest BCUT2D eigenvalue weighted by atomic mass is 9.86. The average molecular weight is 336 g/mol. The van der Waals surface area contributed by atoms with Gasteiger partial charge in [0.2, 0.25) is 0 Å². The maximum atomic E-state index is 11.5. The third-order valence-corrected chi connectivity index (χ3v) is 4.61. The van der Waals surface area contributed by atoms with Gasteiger partial charge in [-0.25, -0.2) is 14.6 Å². The highest BCUT2D eigenvalue weighted by molar-refractivity contribution is 5.95. The highest BCUT2D eigenvalue weighted by Crippen LogP contribution is 2.28. The van der Waals surface area contributed by atoms with Crippen molar-refractivity contribution in [3.8, 4) is 0 Å². The molecule has 5 heteroatoms. The zero-order chi connectivity index (χ0) is 18.4. The number of rotatable bonds is 3. The molecule has 5 nitrogen and oxygen atoms in total. The van der Waals surface area contributed by atoms with Gasteiger partial charge < -0.3 is 0 Å². The number of carbonyl (C=O) groups excluding carboxylic acids is 1. The van der Waals surface area contributed by atoms with Gasteiger partial charge in [-0.15, -0.1) is 0 Å². The van der Waals surface area contributed by atoms with Crippen LogP contribution in [0, 0.1) is 13.8 Å². The highest BCUT2D eigenvalue weighted by atomic mass is 16.1. The number of carbonyl (C=O) groups is 1. The third-order valence-electron chi connectivity index (χ3n) is 4.61. The van der Waals surface area contributed by atoms with Crippen LogP contribution in [0.5, 0.6) is 0 Å². The molecule has 0 aliphatic heterocycles.